The van der Waals surface area contributed by atoms with Gasteiger partial charge in [0.25, 0.3) is 0 Å². The molecule has 0 unspecified atom stereocenters. The first-order chi connectivity index (χ1) is 6.02. The second kappa shape index (κ2) is 5.76. The summed E-state index contributed by atoms with van der Waals surface area (Å²) in [6.45, 7) is 2.41. The first kappa shape index (κ1) is 12.2. The van der Waals surface area contributed by atoms with E-state index in [1.807, 2.05) is 0 Å². The zero-order valence-corrected chi connectivity index (χ0v) is 8.57. The maximum atomic E-state index is 10.9. The highest BCUT2D eigenvalue weighted by molar-refractivity contribution is 7.89. The molecule has 0 aliphatic heterocycles. The second-order valence-electron chi connectivity index (χ2n) is 2.31. The van der Waals surface area contributed by atoms with Gasteiger partial charge < -0.3 is 10.6 Å². The van der Waals surface area contributed by atoms with Crippen molar-refractivity contribution in [1.29, 1.82) is 0 Å². The van der Waals surface area contributed by atoms with Crippen molar-refractivity contribution in [2.75, 3.05) is 25.9 Å². The molecule has 7 heteroatoms. The number of nitrogens with one attached hydrogen (secondary N) is 3. The Bertz CT molecular complexity index is 250. The van der Waals surface area contributed by atoms with E-state index in [1.165, 1.54) is 7.05 Å². The zero-order valence-electron chi connectivity index (χ0n) is 7.75. The van der Waals surface area contributed by atoms with Crippen LogP contribution in [0.5, 0.6) is 0 Å². The molecule has 0 aromatic heterocycles. The van der Waals surface area contributed by atoms with Crippen LogP contribution in [0.15, 0.2) is 0 Å². The Hall–Kier alpha value is -0.820. The van der Waals surface area contributed by atoms with Gasteiger partial charge in [-0.25, -0.2) is 17.9 Å². The number of rotatable bonds is 5. The SMILES string of the molecule is CCNC(=O)NCCS(=O)(=O)NC. The molecule has 0 aliphatic rings. The Kier molecular flexibility index (Phi) is 5.40. The molecule has 0 fully saturated rings. The van der Waals surface area contributed by atoms with E-state index in [0.717, 1.165) is 0 Å². The third kappa shape index (κ3) is 6.35. The molecule has 0 aromatic rings. The minimum atomic E-state index is -3.22. The van der Waals surface area contributed by atoms with Crippen LogP contribution in [0.4, 0.5) is 4.79 Å². The van der Waals surface area contributed by atoms with Gasteiger partial charge in [-0.2, -0.15) is 0 Å². The molecule has 0 heterocycles. The summed E-state index contributed by atoms with van der Waals surface area (Å²) in [7, 11) is -1.89. The Balaban J connectivity index is 3.62. The lowest BCUT2D eigenvalue weighted by atomic mass is 10.7. The van der Waals surface area contributed by atoms with E-state index < -0.39 is 10.0 Å². The van der Waals surface area contributed by atoms with Gasteiger partial charge in [-0.3, -0.25) is 0 Å². The maximum absolute atomic E-state index is 10.9. The number of carbonyl (C=O) groups is 1. The molecule has 0 saturated heterocycles. The van der Waals surface area contributed by atoms with Crippen molar-refractivity contribution in [2.45, 2.75) is 6.92 Å². The van der Waals surface area contributed by atoms with Gasteiger partial charge in [0.15, 0.2) is 0 Å². The number of sulfonamides is 1. The molecular formula is C6H15N3O3S. The smallest absolute Gasteiger partial charge is 0.314 e. The van der Waals surface area contributed by atoms with Gasteiger partial charge >= 0.3 is 6.03 Å². The molecule has 0 rings (SSSR count). The van der Waals surface area contributed by atoms with Crippen molar-refractivity contribution in [3.63, 3.8) is 0 Å². The molecule has 0 atom stereocenters. The summed E-state index contributed by atoms with van der Waals surface area (Å²) in [4.78, 5) is 10.8. The molecular weight excluding hydrogens is 194 g/mol. The quantitative estimate of drug-likeness (QED) is 0.534. The van der Waals surface area contributed by atoms with Gasteiger partial charge in [-0.15, -0.1) is 0 Å². The number of urea groups is 1. The average Bonchev–Trinajstić information content (AvgIpc) is 2.05. The summed E-state index contributed by atoms with van der Waals surface area (Å²) in [6.07, 6.45) is 0. The molecule has 0 aliphatic carbocycles. The van der Waals surface area contributed by atoms with Crippen LogP contribution in [0.25, 0.3) is 0 Å². The Morgan fingerprint density at radius 3 is 2.38 bits per heavy atom. The summed E-state index contributed by atoms with van der Waals surface area (Å²) in [5.74, 6) is -0.110. The molecule has 3 N–H and O–H groups in total. The van der Waals surface area contributed by atoms with Gasteiger partial charge in [0.2, 0.25) is 10.0 Å². The summed E-state index contributed by atoms with van der Waals surface area (Å²) >= 11 is 0. The average molecular weight is 209 g/mol. The molecule has 0 spiro atoms. The number of hydrogen-bond acceptors (Lipinski definition) is 3. The predicted molar refractivity (Wildman–Crippen MR) is 49.9 cm³/mol. The molecule has 2 amide bonds. The van der Waals surface area contributed by atoms with Crippen LogP contribution < -0.4 is 15.4 Å². The minimum Gasteiger partial charge on any atom is -0.338 e. The standard InChI is InChI=1S/C6H15N3O3S/c1-3-8-6(10)9-4-5-13(11,12)7-2/h7H,3-5H2,1-2H3,(H2,8,9,10). The van der Waals surface area contributed by atoms with Crippen molar-refractivity contribution in [3.8, 4) is 0 Å². The van der Waals surface area contributed by atoms with E-state index in [-0.39, 0.29) is 18.3 Å². The number of amides is 2. The monoisotopic (exact) mass is 209 g/mol. The van der Waals surface area contributed by atoms with E-state index >= 15 is 0 Å². The first-order valence-electron chi connectivity index (χ1n) is 3.94. The summed E-state index contributed by atoms with van der Waals surface area (Å²) < 4.78 is 23.9. The molecule has 0 aromatic carbocycles. The fourth-order valence-corrected chi connectivity index (χ4v) is 1.20. The lowest BCUT2D eigenvalue weighted by Crippen LogP contribution is -2.39. The highest BCUT2D eigenvalue weighted by Gasteiger charge is 2.06. The fourth-order valence-electron chi connectivity index (χ4n) is 0.624. The van der Waals surface area contributed by atoms with Gasteiger partial charge in [0.05, 0.1) is 5.75 Å². The summed E-state index contributed by atoms with van der Waals surface area (Å²) in [6, 6.07) is -0.353. The van der Waals surface area contributed by atoms with E-state index in [4.69, 9.17) is 0 Å². The Morgan fingerprint density at radius 2 is 1.92 bits per heavy atom. The van der Waals surface area contributed by atoms with E-state index in [1.54, 1.807) is 6.92 Å². The van der Waals surface area contributed by atoms with Crippen molar-refractivity contribution >= 4 is 16.1 Å². The van der Waals surface area contributed by atoms with E-state index in [0.29, 0.717) is 6.54 Å². The van der Waals surface area contributed by atoms with E-state index in [9.17, 15) is 13.2 Å². The van der Waals surface area contributed by atoms with Crippen LogP contribution >= 0.6 is 0 Å². The minimum absolute atomic E-state index is 0.106. The van der Waals surface area contributed by atoms with E-state index in [2.05, 4.69) is 15.4 Å². The second-order valence-corrected chi connectivity index (χ2v) is 4.36. The highest BCUT2D eigenvalue weighted by atomic mass is 32.2. The van der Waals surface area contributed by atoms with Crippen molar-refractivity contribution in [1.82, 2.24) is 15.4 Å². The Labute approximate surface area is 78.1 Å². The van der Waals surface area contributed by atoms with Gasteiger partial charge in [-0.05, 0) is 14.0 Å². The van der Waals surface area contributed by atoms with Crippen LogP contribution in [0, 0.1) is 0 Å². The molecule has 0 saturated carbocycles. The maximum Gasteiger partial charge on any atom is 0.314 e. The molecule has 6 nitrogen and oxygen atoms in total. The predicted octanol–water partition coefficient (Wildman–Crippen LogP) is -1.15. The molecule has 78 valence electrons. The third-order valence-corrected chi connectivity index (χ3v) is 2.67. The topological polar surface area (TPSA) is 87.3 Å². The lowest BCUT2D eigenvalue weighted by Gasteiger charge is -2.05. The lowest BCUT2D eigenvalue weighted by molar-refractivity contribution is 0.242. The normalized spacial score (nSPS) is 10.9. The Morgan fingerprint density at radius 1 is 1.31 bits per heavy atom. The summed E-state index contributed by atoms with van der Waals surface area (Å²) in [5, 5.41) is 4.89. The van der Waals surface area contributed by atoms with Crippen molar-refractivity contribution in [3.05, 3.63) is 0 Å². The largest absolute Gasteiger partial charge is 0.338 e. The third-order valence-electron chi connectivity index (χ3n) is 1.30. The van der Waals surface area contributed by atoms with Crippen LogP contribution in [0.2, 0.25) is 0 Å². The van der Waals surface area contributed by atoms with Gasteiger partial charge in [0.1, 0.15) is 0 Å². The highest BCUT2D eigenvalue weighted by Crippen LogP contribution is 1.79. The molecule has 0 bridgehead atoms. The molecule has 13 heavy (non-hydrogen) atoms. The first-order valence-corrected chi connectivity index (χ1v) is 5.60. The van der Waals surface area contributed by atoms with Crippen LogP contribution in [-0.4, -0.2) is 40.3 Å². The van der Waals surface area contributed by atoms with Crippen LogP contribution in [-0.2, 0) is 10.0 Å². The van der Waals surface area contributed by atoms with Crippen LogP contribution in [0.1, 0.15) is 6.92 Å². The zero-order chi connectivity index (χ0) is 10.3. The van der Waals surface area contributed by atoms with Crippen molar-refractivity contribution < 1.29 is 13.2 Å². The van der Waals surface area contributed by atoms with Crippen LogP contribution in [0.3, 0.4) is 0 Å². The van der Waals surface area contributed by atoms with Gasteiger partial charge in [-0.1, -0.05) is 0 Å². The summed E-state index contributed by atoms with van der Waals surface area (Å²) in [5.41, 5.74) is 0. The van der Waals surface area contributed by atoms with Crippen molar-refractivity contribution in [2.24, 2.45) is 0 Å². The molecule has 0 radical (unpaired) electrons. The number of carbonyl (C=O) groups excluding carboxylic acids is 1. The number of hydrogen-bond donors (Lipinski definition) is 3. The van der Waals surface area contributed by atoms with Gasteiger partial charge in [0, 0.05) is 13.1 Å². The fraction of sp³-hybridized carbons (Fsp3) is 0.833.